The molecule has 0 bridgehead atoms. The van der Waals surface area contributed by atoms with E-state index in [-0.39, 0.29) is 30.4 Å². The van der Waals surface area contributed by atoms with Crippen molar-refractivity contribution in [3.63, 3.8) is 0 Å². The second-order valence-electron chi connectivity index (χ2n) is 4.70. The van der Waals surface area contributed by atoms with Gasteiger partial charge in [0.2, 0.25) is 0 Å². The quantitative estimate of drug-likeness (QED) is 0.720. The van der Waals surface area contributed by atoms with Crippen LogP contribution in [-0.2, 0) is 13.0 Å². The first-order valence-corrected chi connectivity index (χ1v) is 7.96. The molecule has 0 atom stereocenters. The number of benzene rings is 1. The summed E-state index contributed by atoms with van der Waals surface area (Å²) in [4.78, 5) is 16.3. The number of nitrogens with two attached hydrogens (primary N) is 1. The lowest BCUT2D eigenvalue weighted by molar-refractivity contribution is -0.0505. The molecule has 3 N–H and O–H groups in total. The Bertz CT molecular complexity index is 700. The van der Waals surface area contributed by atoms with Gasteiger partial charge in [0.1, 0.15) is 17.2 Å². The second kappa shape index (κ2) is 10.1. The number of carbonyl (C=O) groups excluding carboxylic acids is 1. The predicted molar refractivity (Wildman–Crippen MR) is 92.9 cm³/mol. The molecular weight excluding hydrogens is 376 g/mol. The minimum Gasteiger partial charge on any atom is -0.497 e. The Kier molecular flexibility index (Phi) is 8.53. The second-order valence-corrected chi connectivity index (χ2v) is 5.64. The van der Waals surface area contributed by atoms with Crippen LogP contribution in [0.3, 0.4) is 0 Å². The lowest BCUT2D eigenvalue weighted by Crippen LogP contribution is -2.23. The molecular formula is C15H18ClF2N3O3S. The van der Waals surface area contributed by atoms with E-state index in [2.05, 4.69) is 15.0 Å². The first-order chi connectivity index (χ1) is 11.5. The van der Waals surface area contributed by atoms with Gasteiger partial charge in [0.05, 0.1) is 12.1 Å². The van der Waals surface area contributed by atoms with Gasteiger partial charge in [0.15, 0.2) is 0 Å². The van der Waals surface area contributed by atoms with Crippen molar-refractivity contribution in [3.8, 4) is 11.5 Å². The maximum atomic E-state index is 12.5. The summed E-state index contributed by atoms with van der Waals surface area (Å²) in [6.45, 7) is -2.50. The minimum atomic E-state index is -2.95. The Morgan fingerprint density at radius 3 is 2.84 bits per heavy atom. The number of rotatable bonds is 8. The summed E-state index contributed by atoms with van der Waals surface area (Å²) in [7, 11) is 1.46. The molecule has 0 radical (unpaired) electrons. The maximum absolute atomic E-state index is 12.5. The lowest BCUT2D eigenvalue weighted by Gasteiger charge is -2.12. The molecule has 0 saturated carbocycles. The fraction of sp³-hybridized carbons (Fsp3) is 0.333. The summed E-state index contributed by atoms with van der Waals surface area (Å²) in [6.07, 6.45) is 0.597. The van der Waals surface area contributed by atoms with Crippen LogP contribution in [0.25, 0.3) is 0 Å². The van der Waals surface area contributed by atoms with Gasteiger partial charge >= 0.3 is 6.61 Å². The molecule has 0 spiro atoms. The molecule has 10 heteroatoms. The fourth-order valence-electron chi connectivity index (χ4n) is 1.95. The summed E-state index contributed by atoms with van der Waals surface area (Å²) in [5, 5.41) is 5.03. The summed E-state index contributed by atoms with van der Waals surface area (Å²) < 4.78 is 34.4. The van der Waals surface area contributed by atoms with Gasteiger partial charge in [-0.2, -0.15) is 8.78 Å². The van der Waals surface area contributed by atoms with Crippen LogP contribution >= 0.6 is 23.7 Å². The Morgan fingerprint density at radius 2 is 2.20 bits per heavy atom. The number of carbonyl (C=O) groups is 1. The molecule has 1 aromatic heterocycles. The van der Waals surface area contributed by atoms with Gasteiger partial charge in [-0.05, 0) is 24.7 Å². The topological polar surface area (TPSA) is 86.5 Å². The fourth-order valence-corrected chi connectivity index (χ4v) is 2.75. The van der Waals surface area contributed by atoms with E-state index in [0.29, 0.717) is 24.3 Å². The molecule has 2 aromatic rings. The smallest absolute Gasteiger partial charge is 0.387 e. The molecule has 6 nitrogen and oxygen atoms in total. The zero-order valence-electron chi connectivity index (χ0n) is 13.3. The van der Waals surface area contributed by atoms with E-state index in [1.165, 1.54) is 36.6 Å². The SMILES string of the molecule is COc1ccc(OC(F)F)c(CNC(=O)c2csc(CCN)n2)c1.Cl. The van der Waals surface area contributed by atoms with E-state index < -0.39 is 12.5 Å². The first kappa shape index (κ1) is 21.1. The number of hydrogen-bond acceptors (Lipinski definition) is 6. The van der Waals surface area contributed by atoms with Gasteiger partial charge in [0, 0.05) is 23.9 Å². The van der Waals surface area contributed by atoms with Crippen LogP contribution in [0.1, 0.15) is 21.1 Å². The highest BCUT2D eigenvalue weighted by Gasteiger charge is 2.14. The number of nitrogens with one attached hydrogen (secondary N) is 1. The van der Waals surface area contributed by atoms with Crippen LogP contribution in [-0.4, -0.2) is 31.2 Å². The third-order valence-electron chi connectivity index (χ3n) is 3.07. The molecule has 0 aliphatic rings. The molecule has 25 heavy (non-hydrogen) atoms. The number of nitrogens with zero attached hydrogens (tertiary/aromatic N) is 1. The number of hydrogen-bond donors (Lipinski definition) is 2. The lowest BCUT2D eigenvalue weighted by atomic mass is 10.2. The minimum absolute atomic E-state index is 0. The van der Waals surface area contributed by atoms with Gasteiger partial charge in [0.25, 0.3) is 5.91 Å². The Hall–Kier alpha value is -1.97. The molecule has 1 amide bonds. The number of thiazole rings is 1. The highest BCUT2D eigenvalue weighted by molar-refractivity contribution is 7.09. The van der Waals surface area contributed by atoms with E-state index in [4.69, 9.17) is 10.5 Å². The first-order valence-electron chi connectivity index (χ1n) is 7.08. The zero-order valence-corrected chi connectivity index (χ0v) is 15.0. The number of ether oxygens (including phenoxy) is 2. The van der Waals surface area contributed by atoms with E-state index in [1.807, 2.05) is 0 Å². The average Bonchev–Trinajstić information content (AvgIpc) is 3.02. The highest BCUT2D eigenvalue weighted by Crippen LogP contribution is 2.25. The maximum Gasteiger partial charge on any atom is 0.387 e. The molecule has 0 aliphatic carbocycles. The van der Waals surface area contributed by atoms with Gasteiger partial charge in [-0.15, -0.1) is 23.7 Å². The number of amides is 1. The molecule has 0 unspecified atom stereocenters. The van der Waals surface area contributed by atoms with Gasteiger partial charge < -0.3 is 20.5 Å². The van der Waals surface area contributed by atoms with Crippen LogP contribution in [0.15, 0.2) is 23.6 Å². The summed E-state index contributed by atoms with van der Waals surface area (Å²) in [6, 6.07) is 4.40. The molecule has 1 heterocycles. The monoisotopic (exact) mass is 393 g/mol. The van der Waals surface area contributed by atoms with Crippen LogP contribution < -0.4 is 20.5 Å². The van der Waals surface area contributed by atoms with Gasteiger partial charge in [-0.25, -0.2) is 4.98 Å². The van der Waals surface area contributed by atoms with Crippen molar-refractivity contribution < 1.29 is 23.0 Å². The molecule has 0 aliphatic heterocycles. The molecule has 2 rings (SSSR count). The molecule has 138 valence electrons. The van der Waals surface area contributed by atoms with E-state index in [1.54, 1.807) is 5.38 Å². The Morgan fingerprint density at radius 1 is 1.44 bits per heavy atom. The predicted octanol–water partition coefficient (Wildman–Crippen LogP) is 2.61. The van der Waals surface area contributed by atoms with Crippen molar-refractivity contribution in [3.05, 3.63) is 39.8 Å². The number of aromatic nitrogens is 1. The summed E-state index contributed by atoms with van der Waals surface area (Å²) in [5.41, 5.74) is 6.09. The third-order valence-corrected chi connectivity index (χ3v) is 3.97. The van der Waals surface area contributed by atoms with Gasteiger partial charge in [-0.1, -0.05) is 0 Å². The largest absolute Gasteiger partial charge is 0.497 e. The Balaban J connectivity index is 0.00000312. The van der Waals surface area contributed by atoms with E-state index in [9.17, 15) is 13.6 Å². The third kappa shape index (κ3) is 6.11. The Labute approximate surface area is 153 Å². The number of halogens is 3. The standard InChI is InChI=1S/C15H17F2N3O3S.ClH/c1-22-10-2-3-12(23-15(16)17)9(6-10)7-19-14(21)11-8-24-13(20-11)4-5-18;/h2-3,6,8,15H,4-5,7,18H2,1H3,(H,19,21);1H. The zero-order chi connectivity index (χ0) is 17.5. The van der Waals surface area contributed by atoms with Crippen molar-refractivity contribution in [2.45, 2.75) is 19.6 Å². The van der Waals surface area contributed by atoms with Crippen molar-refractivity contribution in [2.24, 2.45) is 5.73 Å². The van der Waals surface area contributed by atoms with Crippen LogP contribution in [0.4, 0.5) is 8.78 Å². The normalized spacial score (nSPS) is 10.3. The van der Waals surface area contributed by atoms with Crippen LogP contribution in [0.2, 0.25) is 0 Å². The van der Waals surface area contributed by atoms with Crippen LogP contribution in [0, 0.1) is 0 Å². The van der Waals surface area contributed by atoms with Gasteiger partial charge in [-0.3, -0.25) is 4.79 Å². The molecule has 0 saturated heterocycles. The van der Waals surface area contributed by atoms with Crippen LogP contribution in [0.5, 0.6) is 11.5 Å². The molecule has 0 fully saturated rings. The highest BCUT2D eigenvalue weighted by atomic mass is 35.5. The van der Waals surface area contributed by atoms with Crippen molar-refractivity contribution in [1.82, 2.24) is 10.3 Å². The van der Waals surface area contributed by atoms with Crippen molar-refractivity contribution >= 4 is 29.7 Å². The van der Waals surface area contributed by atoms with E-state index in [0.717, 1.165) is 5.01 Å². The molecule has 1 aromatic carbocycles. The van der Waals surface area contributed by atoms with Crippen molar-refractivity contribution in [1.29, 1.82) is 0 Å². The van der Waals surface area contributed by atoms with E-state index >= 15 is 0 Å². The average molecular weight is 394 g/mol. The summed E-state index contributed by atoms with van der Waals surface area (Å²) in [5.74, 6) is 0.0493. The summed E-state index contributed by atoms with van der Waals surface area (Å²) >= 11 is 1.35. The number of methoxy groups -OCH3 is 1. The number of alkyl halides is 2. The van der Waals surface area contributed by atoms with Crippen molar-refractivity contribution in [2.75, 3.05) is 13.7 Å².